The van der Waals surface area contributed by atoms with E-state index in [1.807, 2.05) is 6.07 Å². The third-order valence-electron chi connectivity index (χ3n) is 9.26. The van der Waals surface area contributed by atoms with Crippen molar-refractivity contribution in [1.29, 1.82) is 0 Å². The zero-order valence-corrected chi connectivity index (χ0v) is 27.6. The number of aromatic nitrogens is 8. The number of halogens is 1. The fraction of sp³-hybridized carbons (Fsp3) is 0.333. The van der Waals surface area contributed by atoms with Gasteiger partial charge in [0.2, 0.25) is 23.6 Å². The van der Waals surface area contributed by atoms with E-state index >= 15 is 0 Å². The molecule has 1 aliphatic carbocycles. The molecule has 3 aliphatic rings. The lowest BCUT2D eigenvalue weighted by atomic mass is 9.98. The first-order valence-electron chi connectivity index (χ1n) is 15.6. The van der Waals surface area contributed by atoms with Crippen LogP contribution in [0.4, 0.5) is 5.82 Å². The van der Waals surface area contributed by atoms with Gasteiger partial charge in [0.1, 0.15) is 34.5 Å². The molecule has 14 nitrogen and oxygen atoms in total. The van der Waals surface area contributed by atoms with Crippen molar-refractivity contribution in [1.82, 2.24) is 44.8 Å². The van der Waals surface area contributed by atoms with Crippen LogP contribution in [0.5, 0.6) is 0 Å². The van der Waals surface area contributed by atoms with E-state index in [1.54, 1.807) is 42.5 Å². The highest BCUT2D eigenvalue weighted by atomic mass is 79.9. The normalized spacial score (nSPS) is 21.6. The summed E-state index contributed by atoms with van der Waals surface area (Å²) >= 11 is 3.41. The SMILES string of the molecule is CC(=O)c1nn(CC(=O)N2[C@H]3C[C@@]4(C=CCCc5nnc(o5)Cc5ccc(Br)nc5NC3=O)C[C@@H]24)c2cnc(-c3cnc(C)nc3)cc12. The van der Waals surface area contributed by atoms with Crippen LogP contribution in [0.2, 0.25) is 0 Å². The molecule has 2 aliphatic heterocycles. The first-order chi connectivity index (χ1) is 23.2. The summed E-state index contributed by atoms with van der Waals surface area (Å²) in [4.78, 5) is 60.2. The number of ketones is 1. The molecule has 5 aromatic heterocycles. The van der Waals surface area contributed by atoms with Crippen molar-refractivity contribution in [2.75, 3.05) is 5.32 Å². The van der Waals surface area contributed by atoms with Crippen molar-refractivity contribution in [2.45, 2.75) is 64.6 Å². The molecular formula is C33H29BrN10O4. The number of carbonyl (C=O) groups excluding carboxylic acids is 3. The number of Topliss-reactive ketones (excluding diaryl/α,β-unsaturated/α-hetero) is 1. The van der Waals surface area contributed by atoms with Crippen LogP contribution in [-0.2, 0) is 29.0 Å². The Labute approximate surface area is 282 Å². The first-order valence-corrected chi connectivity index (χ1v) is 16.4. The van der Waals surface area contributed by atoms with Crippen molar-refractivity contribution in [3.63, 3.8) is 0 Å². The molecule has 7 heterocycles. The smallest absolute Gasteiger partial charge is 0.248 e. The third kappa shape index (κ3) is 5.37. The monoisotopic (exact) mass is 708 g/mol. The predicted octanol–water partition coefficient (Wildman–Crippen LogP) is 4.03. The minimum atomic E-state index is -0.741. The number of nitrogens with zero attached hydrogens (tertiary/aromatic N) is 9. The molecule has 2 amide bonds. The molecule has 0 radical (unpaired) electrons. The highest BCUT2D eigenvalue weighted by Gasteiger charge is 2.65. The Morgan fingerprint density at radius 1 is 1.10 bits per heavy atom. The number of nitrogens with one attached hydrogen (secondary N) is 1. The van der Waals surface area contributed by atoms with Gasteiger partial charge in [0.15, 0.2) is 5.78 Å². The van der Waals surface area contributed by atoms with Gasteiger partial charge in [-0.15, -0.1) is 10.2 Å². The molecule has 242 valence electrons. The largest absolute Gasteiger partial charge is 0.425 e. The molecule has 1 N–H and O–H groups in total. The standard InChI is InChI=1S/C33H29BrN10O4/c1-17(45)30-21-10-22(20-13-35-18(2)36-14-20)37-15-24(21)43(42-30)16-29(46)44-23-11-33(12-25(33)44)8-4-3-5-27-40-41-28(48-27)9-19-6-7-26(34)38-31(19)39-32(23)47/h4,6-8,10,13-15,23,25H,3,5,9,11-12,16H2,1-2H3,(H,38,39,47)/t23-,25+,33-/m0/s1. The van der Waals surface area contributed by atoms with Gasteiger partial charge in [-0.1, -0.05) is 18.2 Å². The highest BCUT2D eigenvalue weighted by Crippen LogP contribution is 2.61. The van der Waals surface area contributed by atoms with Crippen LogP contribution < -0.4 is 5.32 Å². The molecular weight excluding hydrogens is 680 g/mol. The van der Waals surface area contributed by atoms with Crippen LogP contribution in [0.15, 0.2) is 58.0 Å². The zero-order chi connectivity index (χ0) is 33.2. The van der Waals surface area contributed by atoms with Crippen LogP contribution in [0, 0.1) is 12.3 Å². The summed E-state index contributed by atoms with van der Waals surface area (Å²) in [5.74, 6) is 1.10. The average molecular weight is 710 g/mol. The Morgan fingerprint density at radius 3 is 2.73 bits per heavy atom. The van der Waals surface area contributed by atoms with Gasteiger partial charge in [0, 0.05) is 53.7 Å². The minimum Gasteiger partial charge on any atom is -0.425 e. The molecule has 0 aromatic carbocycles. The lowest BCUT2D eigenvalue weighted by Crippen LogP contribution is -2.47. The van der Waals surface area contributed by atoms with E-state index in [2.05, 4.69) is 68.6 Å². The lowest BCUT2D eigenvalue weighted by molar-refractivity contribution is -0.138. The maximum atomic E-state index is 14.2. The molecule has 1 saturated heterocycles. The summed E-state index contributed by atoms with van der Waals surface area (Å²) < 4.78 is 7.90. The number of anilines is 1. The Hall–Kier alpha value is -5.18. The second-order valence-corrected chi connectivity index (χ2v) is 13.3. The number of fused-ring (bicyclic) bond motifs is 5. The maximum absolute atomic E-state index is 14.2. The molecule has 4 bridgehead atoms. The molecule has 8 rings (SSSR count). The average Bonchev–Trinajstić information content (AvgIpc) is 3.33. The summed E-state index contributed by atoms with van der Waals surface area (Å²) in [5, 5.41) is 16.5. The number of allylic oxidation sites excluding steroid dienone is 1. The summed E-state index contributed by atoms with van der Waals surface area (Å²) in [6, 6.07) is 4.49. The fourth-order valence-electron chi connectivity index (χ4n) is 6.79. The summed E-state index contributed by atoms with van der Waals surface area (Å²) in [7, 11) is 0. The van der Waals surface area contributed by atoms with Gasteiger partial charge < -0.3 is 14.6 Å². The Bertz CT molecular complexity index is 2160. The molecule has 3 atom stereocenters. The van der Waals surface area contributed by atoms with Gasteiger partial charge in [0.05, 0.1) is 23.8 Å². The van der Waals surface area contributed by atoms with Gasteiger partial charge in [-0.2, -0.15) is 5.10 Å². The number of pyridine rings is 2. The lowest BCUT2D eigenvalue weighted by Gasteiger charge is -2.27. The van der Waals surface area contributed by atoms with Gasteiger partial charge in [-0.25, -0.2) is 15.0 Å². The number of amides is 2. The minimum absolute atomic E-state index is 0.157. The van der Waals surface area contributed by atoms with Crippen molar-refractivity contribution in [2.24, 2.45) is 5.41 Å². The second kappa shape index (κ2) is 11.5. The van der Waals surface area contributed by atoms with Crippen LogP contribution >= 0.6 is 15.9 Å². The molecule has 5 aromatic rings. The Balaban J connectivity index is 1.12. The van der Waals surface area contributed by atoms with Crippen LogP contribution in [-0.4, -0.2) is 74.5 Å². The maximum Gasteiger partial charge on any atom is 0.248 e. The Kier molecular flexibility index (Phi) is 7.23. The number of hydrogen-bond acceptors (Lipinski definition) is 11. The predicted molar refractivity (Wildman–Crippen MR) is 175 cm³/mol. The topological polar surface area (TPSA) is 175 Å². The quantitative estimate of drug-likeness (QED) is 0.162. The van der Waals surface area contributed by atoms with E-state index in [4.69, 9.17) is 4.42 Å². The van der Waals surface area contributed by atoms with Gasteiger partial charge >= 0.3 is 0 Å². The molecule has 1 spiro atoms. The number of rotatable bonds is 4. The number of aryl methyl sites for hydroxylation is 2. The van der Waals surface area contributed by atoms with E-state index < -0.39 is 6.04 Å². The second-order valence-electron chi connectivity index (χ2n) is 12.5. The van der Waals surface area contributed by atoms with E-state index in [0.717, 1.165) is 6.42 Å². The number of hydrogen-bond donors (Lipinski definition) is 1. The van der Waals surface area contributed by atoms with E-state index in [0.29, 0.717) is 75.0 Å². The Morgan fingerprint density at radius 2 is 1.92 bits per heavy atom. The van der Waals surface area contributed by atoms with E-state index in [9.17, 15) is 14.4 Å². The molecule has 2 fully saturated rings. The van der Waals surface area contributed by atoms with Crippen molar-refractivity contribution < 1.29 is 18.8 Å². The van der Waals surface area contributed by atoms with Crippen molar-refractivity contribution >= 4 is 50.2 Å². The number of likely N-dealkylation sites (tertiary alicyclic amines) is 1. The first kappa shape index (κ1) is 30.2. The van der Waals surface area contributed by atoms with Crippen LogP contribution in [0.1, 0.15) is 59.8 Å². The highest BCUT2D eigenvalue weighted by molar-refractivity contribution is 9.10. The number of piperidine rings is 1. The molecule has 1 saturated carbocycles. The van der Waals surface area contributed by atoms with E-state index in [1.165, 1.54) is 11.6 Å². The van der Waals surface area contributed by atoms with Gasteiger partial charge in [-0.3, -0.25) is 24.0 Å². The zero-order valence-electron chi connectivity index (χ0n) is 26.1. The van der Waals surface area contributed by atoms with Crippen molar-refractivity contribution in [3.8, 4) is 11.3 Å². The third-order valence-corrected chi connectivity index (χ3v) is 9.70. The number of carbonyl (C=O) groups is 3. The fourth-order valence-corrected chi connectivity index (χ4v) is 7.10. The molecule has 0 unspecified atom stereocenters. The summed E-state index contributed by atoms with van der Waals surface area (Å²) in [5.41, 5.74) is 2.42. The van der Waals surface area contributed by atoms with Crippen molar-refractivity contribution in [3.05, 3.63) is 82.4 Å². The van der Waals surface area contributed by atoms with E-state index in [-0.39, 0.29) is 47.7 Å². The van der Waals surface area contributed by atoms with Crippen LogP contribution in [0.25, 0.3) is 22.2 Å². The van der Waals surface area contributed by atoms with Gasteiger partial charge in [0.25, 0.3) is 0 Å². The summed E-state index contributed by atoms with van der Waals surface area (Å²) in [6.07, 6.45) is 11.9. The van der Waals surface area contributed by atoms with Gasteiger partial charge in [-0.05, 0) is 54.2 Å². The van der Waals surface area contributed by atoms with Crippen LogP contribution in [0.3, 0.4) is 0 Å². The summed E-state index contributed by atoms with van der Waals surface area (Å²) in [6.45, 7) is 3.06. The molecule has 48 heavy (non-hydrogen) atoms. The molecule has 15 heteroatoms.